The number of ether oxygens (including phenoxy) is 1. The van der Waals surface area contributed by atoms with Gasteiger partial charge < -0.3 is 25.2 Å². The van der Waals surface area contributed by atoms with E-state index >= 15 is 0 Å². The fourth-order valence-corrected chi connectivity index (χ4v) is 6.19. The fraction of sp³-hybridized carbons (Fsp3) is 0.367. The summed E-state index contributed by atoms with van der Waals surface area (Å²) in [5.74, 6) is 0.368. The Balaban J connectivity index is 1.29. The molecule has 0 bridgehead atoms. The van der Waals surface area contributed by atoms with Gasteiger partial charge in [0.25, 0.3) is 0 Å². The molecular formula is C30H33F2N7O3. The smallest absolute Gasteiger partial charge is 0.247 e. The van der Waals surface area contributed by atoms with E-state index in [1.54, 1.807) is 18.2 Å². The number of benzene rings is 2. The number of fused-ring (bicyclic) bond motifs is 1. The van der Waals surface area contributed by atoms with Crippen LogP contribution >= 0.6 is 0 Å². The monoisotopic (exact) mass is 577 g/mol. The van der Waals surface area contributed by atoms with Gasteiger partial charge in [-0.15, -0.1) is 0 Å². The van der Waals surface area contributed by atoms with Crippen LogP contribution in [-0.4, -0.2) is 67.2 Å². The number of halogens is 2. The number of likely N-dealkylation sites (tertiary alicyclic amines) is 1. The SMILES string of the molecule is C=CC(=O)Nc1cc(Nc2cc(N3OCC[C@@H]3c3cc(F)cc(F)c3)ncn2)c(OC)cc1N1C[C@@H]2CCN(C)[C@@H]2C1. The van der Waals surface area contributed by atoms with Gasteiger partial charge in [-0.1, -0.05) is 6.58 Å². The minimum atomic E-state index is -0.652. The second-order valence-electron chi connectivity index (χ2n) is 10.8. The highest BCUT2D eigenvalue weighted by Crippen LogP contribution is 2.42. The molecule has 12 heteroatoms. The second kappa shape index (κ2) is 11.5. The number of carbonyl (C=O) groups excluding carboxylic acids is 1. The first-order valence-electron chi connectivity index (χ1n) is 13.9. The minimum absolute atomic E-state index is 0.320. The number of nitrogens with zero attached hydrogens (tertiary/aromatic N) is 5. The van der Waals surface area contributed by atoms with Crippen LogP contribution in [0.2, 0.25) is 0 Å². The van der Waals surface area contributed by atoms with Crippen molar-refractivity contribution in [3.63, 3.8) is 0 Å². The number of rotatable bonds is 8. The number of anilines is 5. The van der Waals surface area contributed by atoms with E-state index in [1.807, 2.05) is 12.1 Å². The number of nitrogens with one attached hydrogen (secondary N) is 2. The van der Waals surface area contributed by atoms with Gasteiger partial charge in [-0.05, 0) is 55.8 Å². The Kier molecular flexibility index (Phi) is 7.65. The molecule has 3 aromatic rings. The van der Waals surface area contributed by atoms with Crippen molar-refractivity contribution < 1.29 is 23.1 Å². The van der Waals surface area contributed by atoms with Crippen LogP contribution in [0.25, 0.3) is 0 Å². The first-order chi connectivity index (χ1) is 20.3. The largest absolute Gasteiger partial charge is 0.494 e. The van der Waals surface area contributed by atoms with Crippen LogP contribution in [0.3, 0.4) is 0 Å². The number of aromatic nitrogens is 2. The molecule has 0 unspecified atom stereocenters. The highest BCUT2D eigenvalue weighted by Gasteiger charge is 2.40. The van der Waals surface area contributed by atoms with Crippen molar-refractivity contribution in [3.8, 4) is 5.75 Å². The van der Waals surface area contributed by atoms with E-state index in [0.29, 0.717) is 59.3 Å². The molecule has 2 N–H and O–H groups in total. The molecule has 2 aromatic carbocycles. The number of carbonyl (C=O) groups is 1. The zero-order valence-electron chi connectivity index (χ0n) is 23.5. The van der Waals surface area contributed by atoms with Gasteiger partial charge in [0, 0.05) is 43.8 Å². The summed E-state index contributed by atoms with van der Waals surface area (Å²) in [6, 6.07) is 8.90. The summed E-state index contributed by atoms with van der Waals surface area (Å²) < 4.78 is 33.7. The molecule has 0 spiro atoms. The van der Waals surface area contributed by atoms with Gasteiger partial charge >= 0.3 is 0 Å². The molecule has 3 saturated heterocycles. The van der Waals surface area contributed by atoms with Gasteiger partial charge in [-0.3, -0.25) is 9.63 Å². The van der Waals surface area contributed by atoms with E-state index in [4.69, 9.17) is 9.57 Å². The molecule has 3 atom stereocenters. The average molecular weight is 578 g/mol. The summed E-state index contributed by atoms with van der Waals surface area (Å²) >= 11 is 0. The third-order valence-electron chi connectivity index (χ3n) is 8.24. The van der Waals surface area contributed by atoms with Crippen molar-refractivity contribution in [3.05, 3.63) is 72.6 Å². The van der Waals surface area contributed by atoms with Crippen LogP contribution < -0.4 is 25.3 Å². The van der Waals surface area contributed by atoms with Gasteiger partial charge in [-0.2, -0.15) is 0 Å². The summed E-state index contributed by atoms with van der Waals surface area (Å²) in [6.45, 7) is 6.81. The van der Waals surface area contributed by atoms with E-state index in [-0.39, 0.29) is 5.91 Å². The fourth-order valence-electron chi connectivity index (χ4n) is 6.19. The van der Waals surface area contributed by atoms with Crippen molar-refractivity contribution in [2.75, 3.05) is 61.0 Å². The Morgan fingerprint density at radius 2 is 1.90 bits per heavy atom. The quantitative estimate of drug-likeness (QED) is 0.371. The molecule has 4 heterocycles. The van der Waals surface area contributed by atoms with E-state index < -0.39 is 17.7 Å². The second-order valence-corrected chi connectivity index (χ2v) is 10.8. The molecule has 1 amide bonds. The highest BCUT2D eigenvalue weighted by molar-refractivity contribution is 6.02. The molecule has 0 saturated carbocycles. The third-order valence-corrected chi connectivity index (χ3v) is 8.24. The van der Waals surface area contributed by atoms with Gasteiger partial charge in [0.15, 0.2) is 5.82 Å². The maximum Gasteiger partial charge on any atom is 0.247 e. The first kappa shape index (κ1) is 27.9. The molecule has 1 aromatic heterocycles. The lowest BCUT2D eigenvalue weighted by atomic mass is 10.0. The van der Waals surface area contributed by atoms with Crippen LogP contribution in [0.1, 0.15) is 24.4 Å². The van der Waals surface area contributed by atoms with Gasteiger partial charge in [0.05, 0.1) is 36.8 Å². The van der Waals surface area contributed by atoms with Crippen LogP contribution in [0.5, 0.6) is 5.75 Å². The summed E-state index contributed by atoms with van der Waals surface area (Å²) in [4.78, 5) is 31.6. The van der Waals surface area contributed by atoms with Gasteiger partial charge in [0.1, 0.15) is 29.5 Å². The minimum Gasteiger partial charge on any atom is -0.494 e. The predicted octanol–water partition coefficient (Wildman–Crippen LogP) is 4.65. The Bertz CT molecular complexity index is 1490. The zero-order valence-corrected chi connectivity index (χ0v) is 23.5. The summed E-state index contributed by atoms with van der Waals surface area (Å²) in [7, 11) is 3.74. The van der Waals surface area contributed by atoms with Crippen molar-refractivity contribution in [1.29, 1.82) is 0 Å². The van der Waals surface area contributed by atoms with Crippen LogP contribution in [0.4, 0.5) is 37.5 Å². The van der Waals surface area contributed by atoms with Crippen molar-refractivity contribution in [1.82, 2.24) is 14.9 Å². The lowest BCUT2D eigenvalue weighted by molar-refractivity contribution is -0.111. The molecule has 6 rings (SSSR count). The molecule has 42 heavy (non-hydrogen) atoms. The number of hydrogen-bond donors (Lipinski definition) is 2. The molecule has 3 fully saturated rings. The summed E-state index contributed by atoms with van der Waals surface area (Å²) in [5, 5.41) is 7.77. The number of methoxy groups -OCH3 is 1. The summed E-state index contributed by atoms with van der Waals surface area (Å²) in [6.07, 6.45) is 4.30. The third kappa shape index (κ3) is 5.47. The normalized spacial score (nSPS) is 21.9. The maximum absolute atomic E-state index is 13.9. The topological polar surface area (TPSA) is 95.1 Å². The number of hydroxylamine groups is 1. The van der Waals surface area contributed by atoms with Crippen molar-refractivity contribution in [2.45, 2.75) is 24.9 Å². The lowest BCUT2D eigenvalue weighted by Crippen LogP contribution is -2.32. The Morgan fingerprint density at radius 1 is 1.10 bits per heavy atom. The number of amides is 1. The van der Waals surface area contributed by atoms with Crippen LogP contribution in [-0.2, 0) is 9.63 Å². The van der Waals surface area contributed by atoms with Crippen LogP contribution in [0, 0.1) is 17.6 Å². The van der Waals surface area contributed by atoms with E-state index in [0.717, 1.165) is 37.8 Å². The van der Waals surface area contributed by atoms with E-state index in [2.05, 4.69) is 44.0 Å². The van der Waals surface area contributed by atoms with Crippen LogP contribution in [0.15, 0.2) is 55.4 Å². The van der Waals surface area contributed by atoms with Gasteiger partial charge in [-0.25, -0.2) is 23.8 Å². The van der Waals surface area contributed by atoms with Crippen molar-refractivity contribution >= 4 is 34.6 Å². The highest BCUT2D eigenvalue weighted by atomic mass is 19.1. The van der Waals surface area contributed by atoms with E-state index in [9.17, 15) is 13.6 Å². The standard InChI is InChI=1S/C30H33F2N7O3/c1-4-30(40)36-22-12-23(27(41-3)13-25(22)38-15-18-5-7-37(2)26(18)16-38)35-28-14-29(34-17-33-28)39-24(6-8-42-39)19-9-20(31)11-21(32)10-19/h4,9-14,17-18,24,26H,1,5-8,15-16H2,2-3H3,(H,36,40)(H,33,34,35)/t18-,24+,26+/m0/s1. The Labute approximate surface area is 242 Å². The number of hydrogen-bond acceptors (Lipinski definition) is 9. The number of likely N-dealkylation sites (N-methyl/N-ethyl adjacent to an activating group) is 1. The molecule has 10 nitrogen and oxygen atoms in total. The predicted molar refractivity (Wildman–Crippen MR) is 156 cm³/mol. The first-order valence-corrected chi connectivity index (χ1v) is 13.9. The molecule has 3 aliphatic heterocycles. The molecule has 220 valence electrons. The lowest BCUT2D eigenvalue weighted by Gasteiger charge is -2.26. The Hall–Kier alpha value is -4.29. The van der Waals surface area contributed by atoms with Crippen molar-refractivity contribution in [2.24, 2.45) is 5.92 Å². The van der Waals surface area contributed by atoms with E-state index in [1.165, 1.54) is 24.5 Å². The average Bonchev–Trinajstić information content (AvgIpc) is 3.71. The molecule has 0 radical (unpaired) electrons. The Morgan fingerprint density at radius 3 is 2.64 bits per heavy atom. The maximum atomic E-state index is 13.9. The molecule has 3 aliphatic rings. The molecular weight excluding hydrogens is 544 g/mol. The molecule has 0 aliphatic carbocycles. The zero-order chi connectivity index (χ0) is 29.4. The summed E-state index contributed by atoms with van der Waals surface area (Å²) in [5.41, 5.74) is 2.52. The van der Waals surface area contributed by atoms with Gasteiger partial charge in [0.2, 0.25) is 5.91 Å².